The van der Waals surface area contributed by atoms with E-state index in [-0.39, 0.29) is 5.91 Å². The Hall–Kier alpha value is -3.33. The molecule has 4 aromatic rings. The lowest BCUT2D eigenvalue weighted by Crippen LogP contribution is -2.23. The summed E-state index contributed by atoms with van der Waals surface area (Å²) in [6.07, 6.45) is 4.67. The molecule has 0 spiro atoms. The number of pyridine rings is 1. The van der Waals surface area contributed by atoms with Crippen molar-refractivity contribution >= 4 is 32.6 Å². The van der Waals surface area contributed by atoms with Crippen LogP contribution >= 0.6 is 11.3 Å². The number of hydrogen-bond donors (Lipinski definition) is 2. The van der Waals surface area contributed by atoms with Crippen molar-refractivity contribution < 1.29 is 4.79 Å². The third-order valence-electron chi connectivity index (χ3n) is 3.61. The van der Waals surface area contributed by atoms with Crippen LogP contribution in [0, 0.1) is 0 Å². The van der Waals surface area contributed by atoms with Crippen LogP contribution in [-0.4, -0.2) is 30.6 Å². The summed E-state index contributed by atoms with van der Waals surface area (Å²) in [6, 6.07) is 9.04. The fourth-order valence-corrected chi connectivity index (χ4v) is 3.17. The minimum atomic E-state index is -0.193. The van der Waals surface area contributed by atoms with E-state index in [0.717, 1.165) is 15.8 Å². The largest absolute Gasteiger partial charge is 0.375 e. The van der Waals surface area contributed by atoms with Gasteiger partial charge in [-0.05, 0) is 24.3 Å². The van der Waals surface area contributed by atoms with Crippen LogP contribution in [0.4, 0.5) is 5.13 Å². The molecular weight excluding hydrogens is 338 g/mol. The average molecular weight is 351 g/mol. The molecule has 1 aromatic carbocycles. The number of aromatic nitrogens is 5. The van der Waals surface area contributed by atoms with Gasteiger partial charge in [0.2, 0.25) is 0 Å². The van der Waals surface area contributed by atoms with Gasteiger partial charge in [0.15, 0.2) is 10.9 Å². The number of carbonyl (C=O) groups is 1. The van der Waals surface area contributed by atoms with Gasteiger partial charge < -0.3 is 11.1 Å². The predicted molar refractivity (Wildman–Crippen MR) is 94.4 cm³/mol. The van der Waals surface area contributed by atoms with Gasteiger partial charge in [0.1, 0.15) is 12.7 Å². The van der Waals surface area contributed by atoms with E-state index in [1.165, 1.54) is 17.7 Å². The minimum Gasteiger partial charge on any atom is -0.375 e. The molecule has 9 heteroatoms. The summed E-state index contributed by atoms with van der Waals surface area (Å²) in [4.78, 5) is 24.9. The predicted octanol–water partition coefficient (Wildman–Crippen LogP) is 1.78. The lowest BCUT2D eigenvalue weighted by Gasteiger charge is -2.09. The highest BCUT2D eigenvalue weighted by atomic mass is 32.1. The Kier molecular flexibility index (Phi) is 3.82. The molecule has 1 amide bonds. The third kappa shape index (κ3) is 3.04. The first kappa shape index (κ1) is 15.2. The molecule has 0 aliphatic rings. The molecular formula is C16H13N7OS. The van der Waals surface area contributed by atoms with E-state index >= 15 is 0 Å². The van der Waals surface area contributed by atoms with E-state index in [9.17, 15) is 4.79 Å². The number of nitrogens with two attached hydrogens (primary N) is 1. The Balaban J connectivity index is 1.54. The van der Waals surface area contributed by atoms with Crippen LogP contribution in [0.15, 0.2) is 49.2 Å². The van der Waals surface area contributed by atoms with Gasteiger partial charge in [-0.1, -0.05) is 17.4 Å². The van der Waals surface area contributed by atoms with Gasteiger partial charge in [0.05, 0.1) is 10.2 Å². The third-order valence-corrected chi connectivity index (χ3v) is 4.47. The number of nitrogens with one attached hydrogen (secondary N) is 1. The molecule has 0 aliphatic heterocycles. The van der Waals surface area contributed by atoms with Crippen LogP contribution in [0.5, 0.6) is 0 Å². The molecule has 8 nitrogen and oxygen atoms in total. The van der Waals surface area contributed by atoms with Crippen molar-refractivity contribution in [2.24, 2.45) is 0 Å². The highest BCUT2D eigenvalue weighted by Crippen LogP contribution is 2.24. The van der Waals surface area contributed by atoms with Crippen molar-refractivity contribution in [1.82, 2.24) is 30.0 Å². The molecule has 3 N–H and O–H groups in total. The van der Waals surface area contributed by atoms with Crippen LogP contribution in [0.3, 0.4) is 0 Å². The summed E-state index contributed by atoms with van der Waals surface area (Å²) in [5, 5.41) is 7.46. The monoisotopic (exact) mass is 351 g/mol. The Morgan fingerprint density at radius 1 is 1.32 bits per heavy atom. The second-order valence-electron chi connectivity index (χ2n) is 5.24. The van der Waals surface area contributed by atoms with Crippen LogP contribution in [-0.2, 0) is 6.54 Å². The van der Waals surface area contributed by atoms with Gasteiger partial charge in [0, 0.05) is 23.9 Å². The van der Waals surface area contributed by atoms with E-state index in [1.807, 2.05) is 18.2 Å². The number of fused-ring (bicyclic) bond motifs is 1. The van der Waals surface area contributed by atoms with Crippen LogP contribution < -0.4 is 11.1 Å². The smallest absolute Gasteiger partial charge is 0.251 e. The van der Waals surface area contributed by atoms with Gasteiger partial charge in [0.25, 0.3) is 5.91 Å². The number of nitrogens with zero attached hydrogens (tertiary/aromatic N) is 5. The zero-order chi connectivity index (χ0) is 17.2. The second kappa shape index (κ2) is 6.29. The number of benzene rings is 1. The van der Waals surface area contributed by atoms with Crippen molar-refractivity contribution in [3.63, 3.8) is 0 Å². The number of amides is 1. The number of anilines is 1. The Bertz CT molecular complexity index is 1040. The number of nitrogen functional groups attached to an aromatic ring is 1. The van der Waals surface area contributed by atoms with E-state index in [1.54, 1.807) is 29.3 Å². The molecule has 0 unspecified atom stereocenters. The van der Waals surface area contributed by atoms with Gasteiger partial charge >= 0.3 is 0 Å². The van der Waals surface area contributed by atoms with Crippen LogP contribution in [0.25, 0.3) is 16.0 Å². The maximum Gasteiger partial charge on any atom is 0.251 e. The highest BCUT2D eigenvalue weighted by Gasteiger charge is 2.11. The first-order valence-electron chi connectivity index (χ1n) is 7.44. The Labute approximate surface area is 146 Å². The number of rotatable bonds is 4. The van der Waals surface area contributed by atoms with E-state index in [4.69, 9.17) is 5.73 Å². The standard InChI is InChI=1S/C16H13N7OS/c17-16-22-12-6-10(3-4-13(12)25-16)15(24)20-7-11-2-1-5-19-14(11)23-9-18-8-21-23/h1-6,8-9H,7H2,(H2,17,22)(H,20,24). The van der Waals surface area contributed by atoms with E-state index in [0.29, 0.717) is 23.1 Å². The van der Waals surface area contributed by atoms with Crippen molar-refractivity contribution in [2.45, 2.75) is 6.54 Å². The van der Waals surface area contributed by atoms with Crippen LogP contribution in [0.2, 0.25) is 0 Å². The summed E-state index contributed by atoms with van der Waals surface area (Å²) in [7, 11) is 0. The molecule has 0 saturated heterocycles. The Morgan fingerprint density at radius 3 is 3.08 bits per heavy atom. The molecule has 25 heavy (non-hydrogen) atoms. The number of thiazole rings is 1. The summed E-state index contributed by atoms with van der Waals surface area (Å²) in [5.41, 5.74) is 7.79. The fraction of sp³-hybridized carbons (Fsp3) is 0.0625. The molecule has 4 rings (SSSR count). The molecule has 0 saturated carbocycles. The SMILES string of the molecule is Nc1nc2cc(C(=O)NCc3cccnc3-n3cncn3)ccc2s1. The van der Waals surface area contributed by atoms with Gasteiger partial charge in [-0.2, -0.15) is 5.10 Å². The topological polar surface area (TPSA) is 112 Å². The van der Waals surface area contributed by atoms with Crippen molar-refractivity contribution in [3.8, 4) is 5.82 Å². The van der Waals surface area contributed by atoms with Crippen LogP contribution in [0.1, 0.15) is 15.9 Å². The molecule has 0 aliphatic carbocycles. The number of carbonyl (C=O) groups excluding carboxylic acids is 1. The normalized spacial score (nSPS) is 10.9. The van der Waals surface area contributed by atoms with Crippen molar-refractivity contribution in [1.29, 1.82) is 0 Å². The summed E-state index contributed by atoms with van der Waals surface area (Å²) in [5.74, 6) is 0.435. The molecule has 3 heterocycles. The zero-order valence-electron chi connectivity index (χ0n) is 13.0. The maximum atomic E-state index is 12.4. The first-order chi connectivity index (χ1) is 12.2. The highest BCUT2D eigenvalue weighted by molar-refractivity contribution is 7.22. The van der Waals surface area contributed by atoms with Gasteiger partial charge in [-0.25, -0.2) is 19.6 Å². The summed E-state index contributed by atoms with van der Waals surface area (Å²) >= 11 is 1.39. The molecule has 0 bridgehead atoms. The van der Waals surface area contributed by atoms with Crippen molar-refractivity contribution in [3.05, 3.63) is 60.3 Å². The fourth-order valence-electron chi connectivity index (χ4n) is 2.46. The average Bonchev–Trinajstić information content (AvgIpc) is 3.27. The summed E-state index contributed by atoms with van der Waals surface area (Å²) in [6.45, 7) is 0.319. The van der Waals surface area contributed by atoms with Gasteiger partial charge in [-0.3, -0.25) is 4.79 Å². The molecule has 124 valence electrons. The van der Waals surface area contributed by atoms with E-state index < -0.39 is 0 Å². The van der Waals surface area contributed by atoms with Crippen molar-refractivity contribution in [2.75, 3.05) is 5.73 Å². The number of hydrogen-bond acceptors (Lipinski definition) is 7. The first-order valence-corrected chi connectivity index (χ1v) is 8.25. The zero-order valence-corrected chi connectivity index (χ0v) is 13.8. The molecule has 0 fully saturated rings. The summed E-state index contributed by atoms with van der Waals surface area (Å²) < 4.78 is 2.51. The lowest BCUT2D eigenvalue weighted by molar-refractivity contribution is 0.0951. The Morgan fingerprint density at radius 2 is 2.24 bits per heavy atom. The molecule has 3 aromatic heterocycles. The maximum absolute atomic E-state index is 12.4. The second-order valence-corrected chi connectivity index (χ2v) is 6.31. The van der Waals surface area contributed by atoms with Gasteiger partial charge in [-0.15, -0.1) is 0 Å². The molecule has 0 radical (unpaired) electrons. The minimum absolute atomic E-state index is 0.193. The molecule has 0 atom stereocenters. The lowest BCUT2D eigenvalue weighted by atomic mass is 10.2. The van der Waals surface area contributed by atoms with E-state index in [2.05, 4.69) is 25.4 Å². The quantitative estimate of drug-likeness (QED) is 0.580.